The molecule has 2 aromatic heterocycles. The van der Waals surface area contributed by atoms with Crippen LogP contribution in [0.3, 0.4) is 0 Å². The summed E-state index contributed by atoms with van der Waals surface area (Å²) in [7, 11) is 0. The van der Waals surface area contributed by atoms with E-state index < -0.39 is 0 Å². The van der Waals surface area contributed by atoms with Crippen LogP contribution in [0.5, 0.6) is 0 Å². The third-order valence-electron chi connectivity index (χ3n) is 3.42. The van der Waals surface area contributed by atoms with Gasteiger partial charge in [-0.1, -0.05) is 23.7 Å². The first kappa shape index (κ1) is 14.5. The van der Waals surface area contributed by atoms with E-state index in [1.165, 1.54) is 6.33 Å². The second kappa shape index (κ2) is 5.82. The molecular formula is C17H12ClN5O. The minimum absolute atomic E-state index is 0.395. The normalized spacial score (nSPS) is 10.9. The third kappa shape index (κ3) is 2.75. The summed E-state index contributed by atoms with van der Waals surface area (Å²) in [6.45, 7) is 0. The smallest absolute Gasteiger partial charge is 0.252 e. The van der Waals surface area contributed by atoms with Crippen molar-refractivity contribution in [2.45, 2.75) is 0 Å². The number of nitrogens with one attached hydrogen (secondary N) is 1. The zero-order chi connectivity index (χ0) is 16.5. The molecule has 4 rings (SSSR count). The fourth-order valence-electron chi connectivity index (χ4n) is 2.34. The number of rotatable bonds is 3. The Balaban J connectivity index is 1.77. The fraction of sp³-hybridized carbons (Fsp3) is 0. The van der Waals surface area contributed by atoms with Crippen molar-refractivity contribution in [2.75, 3.05) is 11.1 Å². The molecule has 24 heavy (non-hydrogen) atoms. The number of nitrogen functional groups attached to an aromatic ring is 1. The summed E-state index contributed by atoms with van der Waals surface area (Å²) in [5.41, 5.74) is 8.96. The summed E-state index contributed by atoms with van der Waals surface area (Å²) >= 11 is 6.01. The molecule has 0 saturated heterocycles. The van der Waals surface area contributed by atoms with E-state index in [1.54, 1.807) is 24.3 Å². The van der Waals surface area contributed by atoms with E-state index in [1.807, 2.05) is 24.3 Å². The zero-order valence-electron chi connectivity index (χ0n) is 12.4. The van der Waals surface area contributed by atoms with Crippen molar-refractivity contribution in [3.63, 3.8) is 0 Å². The molecule has 0 unspecified atom stereocenters. The van der Waals surface area contributed by atoms with Gasteiger partial charge >= 0.3 is 0 Å². The highest BCUT2D eigenvalue weighted by atomic mass is 35.5. The van der Waals surface area contributed by atoms with Crippen LogP contribution in [-0.2, 0) is 0 Å². The molecule has 0 saturated carbocycles. The minimum atomic E-state index is 0.395. The molecule has 0 radical (unpaired) electrons. The molecule has 7 heteroatoms. The van der Waals surface area contributed by atoms with Crippen molar-refractivity contribution in [1.82, 2.24) is 15.0 Å². The molecule has 0 aliphatic carbocycles. The molecular weight excluding hydrogens is 326 g/mol. The van der Waals surface area contributed by atoms with Crippen LogP contribution in [0.25, 0.3) is 22.7 Å². The van der Waals surface area contributed by atoms with Crippen molar-refractivity contribution >= 4 is 40.0 Å². The molecule has 118 valence electrons. The zero-order valence-corrected chi connectivity index (χ0v) is 13.2. The highest BCUT2D eigenvalue weighted by Crippen LogP contribution is 2.29. The van der Waals surface area contributed by atoms with Gasteiger partial charge in [0.25, 0.3) is 5.71 Å². The van der Waals surface area contributed by atoms with E-state index in [9.17, 15) is 0 Å². The first-order valence-electron chi connectivity index (χ1n) is 7.19. The van der Waals surface area contributed by atoms with Crippen LogP contribution >= 0.6 is 11.6 Å². The van der Waals surface area contributed by atoms with Crippen molar-refractivity contribution in [1.29, 1.82) is 0 Å². The number of anilines is 3. The Hall–Kier alpha value is -3.12. The van der Waals surface area contributed by atoms with Crippen LogP contribution < -0.4 is 11.1 Å². The molecule has 0 atom stereocenters. The maximum atomic E-state index is 6.01. The Morgan fingerprint density at radius 3 is 2.75 bits per heavy atom. The van der Waals surface area contributed by atoms with Crippen molar-refractivity contribution in [3.05, 3.63) is 59.9 Å². The van der Waals surface area contributed by atoms with Crippen molar-refractivity contribution in [3.8, 4) is 11.5 Å². The van der Waals surface area contributed by atoms with Gasteiger partial charge in [0.1, 0.15) is 6.33 Å². The molecule has 6 nitrogen and oxygen atoms in total. The van der Waals surface area contributed by atoms with Gasteiger partial charge in [0.05, 0.1) is 0 Å². The SMILES string of the molecule is Nc1cccc(-c2nc3c(Nc4cccc(Cl)c4)ncnc3o2)c1. The number of nitrogens with two attached hydrogens (primary N) is 1. The van der Waals surface area contributed by atoms with E-state index >= 15 is 0 Å². The predicted molar refractivity (Wildman–Crippen MR) is 94.2 cm³/mol. The fourth-order valence-corrected chi connectivity index (χ4v) is 2.53. The quantitative estimate of drug-likeness (QED) is 0.543. The van der Waals surface area contributed by atoms with Crippen LogP contribution in [0.15, 0.2) is 59.3 Å². The standard InChI is InChI=1S/C17H12ClN5O/c18-11-4-2-6-13(8-11)22-15-14-17(21-9-20-15)24-16(23-14)10-3-1-5-12(19)7-10/h1-9H,19H2,(H,20,21,22). The van der Waals surface area contributed by atoms with Gasteiger partial charge in [0.15, 0.2) is 11.3 Å². The summed E-state index contributed by atoms with van der Waals surface area (Å²) in [6.07, 6.45) is 1.42. The maximum absolute atomic E-state index is 6.01. The van der Waals surface area contributed by atoms with Crippen molar-refractivity contribution < 1.29 is 4.42 Å². The van der Waals surface area contributed by atoms with Crippen LogP contribution in [0.1, 0.15) is 0 Å². The van der Waals surface area contributed by atoms with Gasteiger partial charge in [0.2, 0.25) is 5.89 Å². The number of oxazole rings is 1. The van der Waals surface area contributed by atoms with Gasteiger partial charge in [-0.3, -0.25) is 0 Å². The van der Waals surface area contributed by atoms with Crippen LogP contribution in [0, 0.1) is 0 Å². The van der Waals surface area contributed by atoms with E-state index in [0.29, 0.717) is 33.6 Å². The number of aromatic nitrogens is 3. The molecule has 3 N–H and O–H groups in total. The molecule has 0 amide bonds. The van der Waals surface area contributed by atoms with Gasteiger partial charge in [-0.25, -0.2) is 9.97 Å². The van der Waals surface area contributed by atoms with Crippen LogP contribution in [-0.4, -0.2) is 15.0 Å². The molecule has 2 heterocycles. The molecule has 2 aromatic carbocycles. The first-order valence-corrected chi connectivity index (χ1v) is 7.57. The Morgan fingerprint density at radius 2 is 1.92 bits per heavy atom. The molecule has 0 spiro atoms. The second-order valence-electron chi connectivity index (χ2n) is 5.16. The lowest BCUT2D eigenvalue weighted by atomic mass is 10.2. The van der Waals surface area contributed by atoms with Gasteiger partial charge in [-0.05, 0) is 36.4 Å². The van der Waals surface area contributed by atoms with Gasteiger partial charge < -0.3 is 15.5 Å². The third-order valence-corrected chi connectivity index (χ3v) is 3.65. The predicted octanol–water partition coefficient (Wildman–Crippen LogP) is 4.26. The van der Waals surface area contributed by atoms with Crippen LogP contribution in [0.2, 0.25) is 5.02 Å². The number of benzene rings is 2. The first-order chi connectivity index (χ1) is 11.7. The monoisotopic (exact) mass is 337 g/mol. The summed E-state index contributed by atoms with van der Waals surface area (Å²) in [6, 6.07) is 14.7. The number of nitrogens with zero attached hydrogens (tertiary/aromatic N) is 3. The molecule has 4 aromatic rings. The number of hydrogen-bond acceptors (Lipinski definition) is 6. The van der Waals surface area contributed by atoms with Crippen molar-refractivity contribution in [2.24, 2.45) is 0 Å². The van der Waals surface area contributed by atoms with Gasteiger partial charge in [-0.15, -0.1) is 0 Å². The highest BCUT2D eigenvalue weighted by molar-refractivity contribution is 6.30. The minimum Gasteiger partial charge on any atom is -0.417 e. The molecule has 0 aliphatic heterocycles. The largest absolute Gasteiger partial charge is 0.417 e. The Morgan fingerprint density at radius 1 is 1.04 bits per heavy atom. The average molecular weight is 338 g/mol. The highest BCUT2D eigenvalue weighted by Gasteiger charge is 2.14. The number of fused-ring (bicyclic) bond motifs is 1. The maximum Gasteiger partial charge on any atom is 0.252 e. The topological polar surface area (TPSA) is 89.9 Å². The van der Waals surface area contributed by atoms with E-state index in [2.05, 4.69) is 20.3 Å². The van der Waals surface area contributed by atoms with Crippen LogP contribution in [0.4, 0.5) is 17.2 Å². The van der Waals surface area contributed by atoms with E-state index in [4.69, 9.17) is 21.8 Å². The van der Waals surface area contributed by atoms with E-state index in [-0.39, 0.29) is 0 Å². The summed E-state index contributed by atoms with van der Waals surface area (Å²) < 4.78 is 5.73. The Kier molecular flexibility index (Phi) is 3.51. The second-order valence-corrected chi connectivity index (χ2v) is 5.59. The molecule has 0 fully saturated rings. The summed E-state index contributed by atoms with van der Waals surface area (Å²) in [5, 5.41) is 3.81. The molecule has 0 aliphatic rings. The lowest BCUT2D eigenvalue weighted by molar-refractivity contribution is 0.607. The lowest BCUT2D eigenvalue weighted by Gasteiger charge is -2.05. The van der Waals surface area contributed by atoms with Gasteiger partial charge in [-0.2, -0.15) is 4.98 Å². The summed E-state index contributed by atoms with van der Waals surface area (Å²) in [4.78, 5) is 12.9. The van der Waals surface area contributed by atoms with Gasteiger partial charge in [0, 0.05) is 22.0 Å². The summed E-state index contributed by atoms with van der Waals surface area (Å²) in [5.74, 6) is 0.980. The molecule has 0 bridgehead atoms. The number of hydrogen-bond donors (Lipinski definition) is 2. The average Bonchev–Trinajstić information content (AvgIpc) is 3.00. The van der Waals surface area contributed by atoms with E-state index in [0.717, 1.165) is 11.3 Å². The Labute approximate surface area is 142 Å². The number of halogens is 1. The lowest BCUT2D eigenvalue weighted by Crippen LogP contribution is -1.95. The Bertz CT molecular complexity index is 1030.